The minimum absolute atomic E-state index is 0.139. The Morgan fingerprint density at radius 1 is 1.17 bits per heavy atom. The Labute approximate surface area is 138 Å². The zero-order valence-corrected chi connectivity index (χ0v) is 14.0. The van der Waals surface area contributed by atoms with Gasteiger partial charge in [-0.25, -0.2) is 0 Å². The summed E-state index contributed by atoms with van der Waals surface area (Å²) in [7, 11) is 0. The van der Waals surface area contributed by atoms with Crippen molar-refractivity contribution in [3.05, 3.63) is 59.4 Å². The number of aromatic nitrogens is 1. The second kappa shape index (κ2) is 7.57. The van der Waals surface area contributed by atoms with Crippen LogP contribution in [0, 0.1) is 6.92 Å². The predicted molar refractivity (Wildman–Crippen MR) is 92.9 cm³/mol. The number of aryl methyl sites for hydroxylation is 1. The van der Waals surface area contributed by atoms with Crippen LogP contribution < -0.4 is 10.1 Å². The zero-order valence-electron chi connectivity index (χ0n) is 14.0. The van der Waals surface area contributed by atoms with E-state index in [0.29, 0.717) is 6.61 Å². The molecule has 1 aromatic carbocycles. The summed E-state index contributed by atoms with van der Waals surface area (Å²) < 4.78 is 5.88. The lowest BCUT2D eigenvalue weighted by Crippen LogP contribution is -2.45. The van der Waals surface area contributed by atoms with Crippen LogP contribution in [-0.2, 0) is 0 Å². The van der Waals surface area contributed by atoms with Gasteiger partial charge in [0.15, 0.2) is 0 Å². The molecule has 0 aliphatic carbocycles. The fourth-order valence-electron chi connectivity index (χ4n) is 3.12. The maximum Gasteiger partial charge on any atom is 0.124 e. The maximum absolute atomic E-state index is 5.88. The smallest absolute Gasteiger partial charge is 0.124 e. The van der Waals surface area contributed by atoms with Crippen LogP contribution in [0.1, 0.15) is 29.8 Å². The Balaban J connectivity index is 2.02. The molecule has 0 radical (unpaired) electrons. The number of pyridine rings is 1. The molecule has 1 fully saturated rings. The molecule has 4 nitrogen and oxygen atoms in total. The Morgan fingerprint density at radius 3 is 2.65 bits per heavy atom. The lowest BCUT2D eigenvalue weighted by molar-refractivity contribution is 0.191. The molecule has 3 rings (SSSR count). The van der Waals surface area contributed by atoms with E-state index >= 15 is 0 Å². The molecule has 1 aliphatic heterocycles. The van der Waals surface area contributed by atoms with E-state index in [-0.39, 0.29) is 6.04 Å². The van der Waals surface area contributed by atoms with Crippen molar-refractivity contribution in [2.75, 3.05) is 32.8 Å². The van der Waals surface area contributed by atoms with Gasteiger partial charge >= 0.3 is 0 Å². The SMILES string of the molecule is CCOc1ccccc1C(c1ccc(C)cn1)N1CCNCC1. The molecular formula is C19H25N3O. The van der Waals surface area contributed by atoms with Crippen molar-refractivity contribution in [1.29, 1.82) is 0 Å². The Bertz CT molecular complexity index is 621. The molecular weight excluding hydrogens is 286 g/mol. The lowest BCUT2D eigenvalue weighted by atomic mass is 9.99. The fourth-order valence-corrected chi connectivity index (χ4v) is 3.12. The van der Waals surface area contributed by atoms with Crippen molar-refractivity contribution in [2.24, 2.45) is 0 Å². The van der Waals surface area contributed by atoms with E-state index in [9.17, 15) is 0 Å². The van der Waals surface area contributed by atoms with E-state index in [2.05, 4.69) is 47.5 Å². The highest BCUT2D eigenvalue weighted by Crippen LogP contribution is 2.34. The second-order valence-electron chi connectivity index (χ2n) is 5.92. The number of piperazine rings is 1. The summed E-state index contributed by atoms with van der Waals surface area (Å²) in [5.74, 6) is 0.959. The molecule has 0 saturated carbocycles. The molecule has 0 spiro atoms. The standard InChI is InChI=1S/C19H25N3O/c1-3-23-18-7-5-4-6-16(18)19(22-12-10-20-11-13-22)17-9-8-15(2)14-21-17/h4-9,14,19-20H,3,10-13H2,1-2H3. The Morgan fingerprint density at radius 2 is 1.96 bits per heavy atom. The van der Waals surface area contributed by atoms with Crippen molar-refractivity contribution in [1.82, 2.24) is 15.2 Å². The minimum atomic E-state index is 0.139. The third kappa shape index (κ3) is 3.71. The average molecular weight is 311 g/mol. The number of nitrogens with one attached hydrogen (secondary N) is 1. The first kappa shape index (κ1) is 16.0. The molecule has 2 heterocycles. The summed E-state index contributed by atoms with van der Waals surface area (Å²) in [6.07, 6.45) is 1.95. The van der Waals surface area contributed by atoms with Crippen molar-refractivity contribution in [3.63, 3.8) is 0 Å². The average Bonchev–Trinajstić information content (AvgIpc) is 2.60. The number of hydrogen-bond donors (Lipinski definition) is 1. The summed E-state index contributed by atoms with van der Waals surface area (Å²) in [6.45, 7) is 8.83. The highest BCUT2D eigenvalue weighted by atomic mass is 16.5. The van der Waals surface area contributed by atoms with Crippen molar-refractivity contribution in [2.45, 2.75) is 19.9 Å². The summed E-state index contributed by atoms with van der Waals surface area (Å²) in [5, 5.41) is 3.43. The Kier molecular flexibility index (Phi) is 5.26. The van der Waals surface area contributed by atoms with Gasteiger partial charge in [0.2, 0.25) is 0 Å². The Hall–Kier alpha value is -1.91. The van der Waals surface area contributed by atoms with Gasteiger partial charge in [-0.1, -0.05) is 24.3 Å². The first-order chi connectivity index (χ1) is 11.3. The van der Waals surface area contributed by atoms with Crippen molar-refractivity contribution >= 4 is 0 Å². The van der Waals surface area contributed by atoms with E-state index in [4.69, 9.17) is 9.72 Å². The molecule has 1 N–H and O–H groups in total. The van der Waals surface area contributed by atoms with Gasteiger partial charge in [0.1, 0.15) is 5.75 Å². The fraction of sp³-hybridized carbons (Fsp3) is 0.421. The van der Waals surface area contributed by atoms with Crippen LogP contribution in [0.3, 0.4) is 0 Å². The molecule has 1 saturated heterocycles. The third-order valence-corrected chi connectivity index (χ3v) is 4.24. The number of nitrogens with zero attached hydrogens (tertiary/aromatic N) is 2. The van der Waals surface area contributed by atoms with Gasteiger partial charge < -0.3 is 10.1 Å². The number of ether oxygens (including phenoxy) is 1. The maximum atomic E-state index is 5.88. The molecule has 2 aromatic rings. The molecule has 1 unspecified atom stereocenters. The van der Waals surface area contributed by atoms with Crippen molar-refractivity contribution in [3.8, 4) is 5.75 Å². The minimum Gasteiger partial charge on any atom is -0.494 e. The molecule has 1 aliphatic rings. The molecule has 1 aromatic heterocycles. The van der Waals surface area contributed by atoms with Crippen molar-refractivity contribution < 1.29 is 4.74 Å². The van der Waals surface area contributed by atoms with Gasteiger partial charge in [-0.05, 0) is 31.5 Å². The first-order valence-electron chi connectivity index (χ1n) is 8.38. The summed E-state index contributed by atoms with van der Waals surface area (Å²) in [5.41, 5.74) is 3.48. The number of rotatable bonds is 5. The monoisotopic (exact) mass is 311 g/mol. The molecule has 1 atom stereocenters. The van der Waals surface area contributed by atoms with Gasteiger partial charge in [0, 0.05) is 37.9 Å². The highest BCUT2D eigenvalue weighted by molar-refractivity contribution is 5.40. The summed E-state index contributed by atoms with van der Waals surface area (Å²) >= 11 is 0. The van der Waals surface area contributed by atoms with E-state index < -0.39 is 0 Å². The molecule has 23 heavy (non-hydrogen) atoms. The van der Waals surface area contributed by atoms with E-state index in [1.54, 1.807) is 0 Å². The van der Waals surface area contributed by atoms with Crippen LogP contribution in [0.15, 0.2) is 42.6 Å². The van der Waals surface area contributed by atoms with Gasteiger partial charge in [-0.2, -0.15) is 0 Å². The van der Waals surface area contributed by atoms with Crippen LogP contribution in [0.5, 0.6) is 5.75 Å². The first-order valence-corrected chi connectivity index (χ1v) is 8.38. The second-order valence-corrected chi connectivity index (χ2v) is 5.92. The normalized spacial score (nSPS) is 17.0. The molecule has 0 amide bonds. The van der Waals surface area contributed by atoms with Crippen LogP contribution in [0.2, 0.25) is 0 Å². The topological polar surface area (TPSA) is 37.4 Å². The van der Waals surface area contributed by atoms with E-state index in [0.717, 1.165) is 37.6 Å². The van der Waals surface area contributed by atoms with Gasteiger partial charge in [0.05, 0.1) is 18.3 Å². The molecule has 122 valence electrons. The van der Waals surface area contributed by atoms with Crippen LogP contribution in [-0.4, -0.2) is 42.7 Å². The summed E-state index contributed by atoms with van der Waals surface area (Å²) in [4.78, 5) is 7.21. The summed E-state index contributed by atoms with van der Waals surface area (Å²) in [6, 6.07) is 12.8. The quantitative estimate of drug-likeness (QED) is 0.921. The third-order valence-electron chi connectivity index (χ3n) is 4.24. The zero-order chi connectivity index (χ0) is 16.1. The van der Waals surface area contributed by atoms with E-state index in [1.165, 1.54) is 11.1 Å². The number of benzene rings is 1. The van der Waals surface area contributed by atoms with E-state index in [1.807, 2.05) is 19.2 Å². The van der Waals surface area contributed by atoms with Gasteiger partial charge in [0.25, 0.3) is 0 Å². The predicted octanol–water partition coefficient (Wildman–Crippen LogP) is 2.78. The molecule has 0 bridgehead atoms. The van der Waals surface area contributed by atoms with Crippen LogP contribution in [0.25, 0.3) is 0 Å². The van der Waals surface area contributed by atoms with Crippen LogP contribution in [0.4, 0.5) is 0 Å². The van der Waals surface area contributed by atoms with Gasteiger partial charge in [-0.15, -0.1) is 0 Å². The number of para-hydroxylation sites is 1. The van der Waals surface area contributed by atoms with Crippen LogP contribution >= 0.6 is 0 Å². The largest absolute Gasteiger partial charge is 0.494 e. The van der Waals surface area contributed by atoms with Gasteiger partial charge in [-0.3, -0.25) is 9.88 Å². The number of hydrogen-bond acceptors (Lipinski definition) is 4. The molecule has 4 heteroatoms. The lowest BCUT2D eigenvalue weighted by Gasteiger charge is -2.35. The highest BCUT2D eigenvalue weighted by Gasteiger charge is 2.27.